The Hall–Kier alpha value is -0.340. The van der Waals surface area contributed by atoms with Gasteiger partial charge in [-0.2, -0.15) is 0 Å². The minimum Gasteiger partial charge on any atom is -0.310 e. The zero-order valence-corrected chi connectivity index (χ0v) is 10.7. The molecule has 1 N–H and O–H groups in total. The van der Waals surface area contributed by atoms with Gasteiger partial charge in [0.05, 0.1) is 0 Å². The average molecular weight is 232 g/mol. The molecule has 2 heteroatoms. The second kappa shape index (κ2) is 4.10. The summed E-state index contributed by atoms with van der Waals surface area (Å²) in [7, 11) is 0. The van der Waals surface area contributed by atoms with Gasteiger partial charge in [0.1, 0.15) is 0 Å². The highest BCUT2D eigenvalue weighted by molar-refractivity contribution is 5.23. The number of piperidine rings is 3. The molecule has 4 atom stereocenters. The summed E-state index contributed by atoms with van der Waals surface area (Å²) < 4.78 is 0. The third-order valence-corrected chi connectivity index (χ3v) is 5.51. The average Bonchev–Trinajstić information content (AvgIpc) is 2.39. The molecule has 0 amide bonds. The Morgan fingerprint density at radius 1 is 1.24 bits per heavy atom. The summed E-state index contributed by atoms with van der Waals surface area (Å²) in [4.78, 5) is 2.81. The molecule has 1 aliphatic carbocycles. The summed E-state index contributed by atoms with van der Waals surface area (Å²) in [6, 6.07) is 1.64. The molecule has 0 aromatic carbocycles. The van der Waals surface area contributed by atoms with E-state index < -0.39 is 0 Å². The quantitative estimate of drug-likeness (QED) is 0.644. The molecule has 0 radical (unpaired) electrons. The van der Waals surface area contributed by atoms with Crippen LogP contribution in [-0.4, -0.2) is 36.6 Å². The summed E-state index contributed by atoms with van der Waals surface area (Å²) in [6.45, 7) is 3.98. The molecule has 2 bridgehead atoms. The van der Waals surface area contributed by atoms with Crippen molar-refractivity contribution in [2.75, 3.05) is 19.6 Å². The maximum Gasteiger partial charge on any atom is 0.0320 e. The Kier molecular flexibility index (Phi) is 2.55. The molecular formula is C15H24N2. The predicted octanol–water partition coefficient (Wildman–Crippen LogP) is 2.17. The zero-order chi connectivity index (χ0) is 11.2. The van der Waals surface area contributed by atoms with E-state index in [2.05, 4.69) is 16.3 Å². The van der Waals surface area contributed by atoms with Crippen molar-refractivity contribution in [2.24, 2.45) is 11.8 Å². The standard InChI is InChI=1S/C15H24N2/c1-2-7-17-10-13-9-12(14(17)5-1)8-11-4-3-6-16-15(11)13/h8,12-16H,1-7,9-10H2/t12?,13-,14?,15-/m1/s1. The van der Waals surface area contributed by atoms with E-state index in [1.807, 2.05) is 0 Å². The second-order valence-corrected chi connectivity index (χ2v) is 6.49. The van der Waals surface area contributed by atoms with Gasteiger partial charge in [0, 0.05) is 18.6 Å². The van der Waals surface area contributed by atoms with Gasteiger partial charge in [-0.15, -0.1) is 0 Å². The summed E-state index contributed by atoms with van der Waals surface area (Å²) in [6.07, 6.45) is 11.2. The molecule has 3 aliphatic heterocycles. The van der Waals surface area contributed by atoms with Gasteiger partial charge in [0.2, 0.25) is 0 Å². The van der Waals surface area contributed by atoms with Gasteiger partial charge >= 0.3 is 0 Å². The Balaban J connectivity index is 1.64. The van der Waals surface area contributed by atoms with Crippen molar-refractivity contribution in [2.45, 2.75) is 50.6 Å². The van der Waals surface area contributed by atoms with Crippen LogP contribution in [0.15, 0.2) is 11.6 Å². The molecule has 94 valence electrons. The van der Waals surface area contributed by atoms with E-state index >= 15 is 0 Å². The van der Waals surface area contributed by atoms with Crippen molar-refractivity contribution in [1.29, 1.82) is 0 Å². The molecule has 2 nitrogen and oxygen atoms in total. The Morgan fingerprint density at radius 3 is 3.24 bits per heavy atom. The number of nitrogens with zero attached hydrogens (tertiary/aromatic N) is 1. The minimum atomic E-state index is 0.739. The highest BCUT2D eigenvalue weighted by Crippen LogP contribution is 2.42. The largest absolute Gasteiger partial charge is 0.310 e. The lowest BCUT2D eigenvalue weighted by molar-refractivity contribution is 0.0271. The minimum absolute atomic E-state index is 0.739. The molecule has 0 aromatic rings. The third-order valence-electron chi connectivity index (χ3n) is 5.51. The van der Waals surface area contributed by atoms with E-state index in [1.54, 1.807) is 5.57 Å². The lowest BCUT2D eigenvalue weighted by Crippen LogP contribution is -2.58. The van der Waals surface area contributed by atoms with Gasteiger partial charge in [0.15, 0.2) is 0 Å². The van der Waals surface area contributed by atoms with Crippen LogP contribution in [0.5, 0.6) is 0 Å². The third kappa shape index (κ3) is 1.68. The van der Waals surface area contributed by atoms with Crippen molar-refractivity contribution in [3.05, 3.63) is 11.6 Å². The monoisotopic (exact) mass is 232 g/mol. The SMILES string of the molecule is C1=C2CCCN[C@H]2[C@@H]2CC1C1CCCCN1C2. The number of nitrogens with one attached hydrogen (secondary N) is 1. The Morgan fingerprint density at radius 2 is 2.24 bits per heavy atom. The van der Waals surface area contributed by atoms with Crippen molar-refractivity contribution in [1.82, 2.24) is 10.2 Å². The van der Waals surface area contributed by atoms with Crippen LogP contribution in [0, 0.1) is 11.8 Å². The molecule has 4 aliphatic rings. The van der Waals surface area contributed by atoms with Gasteiger partial charge in [-0.25, -0.2) is 0 Å². The molecular weight excluding hydrogens is 208 g/mol. The fourth-order valence-corrected chi connectivity index (χ4v) is 4.80. The molecule has 4 rings (SSSR count). The molecule has 0 spiro atoms. The number of hydrogen-bond acceptors (Lipinski definition) is 2. The maximum atomic E-state index is 3.78. The van der Waals surface area contributed by atoms with Gasteiger partial charge in [-0.05, 0) is 57.0 Å². The van der Waals surface area contributed by atoms with Crippen molar-refractivity contribution < 1.29 is 0 Å². The van der Waals surface area contributed by atoms with Crippen LogP contribution >= 0.6 is 0 Å². The summed E-state index contributed by atoms with van der Waals surface area (Å²) >= 11 is 0. The first-order valence-corrected chi connectivity index (χ1v) is 7.60. The first-order valence-electron chi connectivity index (χ1n) is 7.60. The lowest BCUT2D eigenvalue weighted by atomic mass is 9.68. The summed E-state index contributed by atoms with van der Waals surface area (Å²) in [5.74, 6) is 1.80. The van der Waals surface area contributed by atoms with Gasteiger partial charge in [0.25, 0.3) is 0 Å². The maximum absolute atomic E-state index is 3.78. The number of fused-ring (bicyclic) bond motifs is 6. The van der Waals surface area contributed by atoms with Crippen LogP contribution < -0.4 is 5.32 Å². The van der Waals surface area contributed by atoms with Crippen LogP contribution in [0.25, 0.3) is 0 Å². The van der Waals surface area contributed by atoms with E-state index in [9.17, 15) is 0 Å². The lowest BCUT2D eigenvalue weighted by Gasteiger charge is -2.52. The fourth-order valence-electron chi connectivity index (χ4n) is 4.80. The molecule has 17 heavy (non-hydrogen) atoms. The number of rotatable bonds is 0. The summed E-state index contributed by atoms with van der Waals surface area (Å²) in [5.41, 5.74) is 1.77. The molecule has 3 fully saturated rings. The zero-order valence-electron chi connectivity index (χ0n) is 10.7. The highest BCUT2D eigenvalue weighted by Gasteiger charge is 2.43. The predicted molar refractivity (Wildman–Crippen MR) is 69.9 cm³/mol. The Labute approximate surface area is 104 Å². The Bertz CT molecular complexity index is 336. The van der Waals surface area contributed by atoms with E-state index in [1.165, 1.54) is 58.2 Å². The van der Waals surface area contributed by atoms with Crippen molar-refractivity contribution >= 4 is 0 Å². The second-order valence-electron chi connectivity index (χ2n) is 6.49. The fraction of sp³-hybridized carbons (Fsp3) is 0.867. The van der Waals surface area contributed by atoms with Gasteiger partial charge in [-0.1, -0.05) is 18.1 Å². The van der Waals surface area contributed by atoms with Crippen LogP contribution in [0.4, 0.5) is 0 Å². The molecule has 0 saturated carbocycles. The van der Waals surface area contributed by atoms with E-state index in [-0.39, 0.29) is 0 Å². The van der Waals surface area contributed by atoms with E-state index in [0.29, 0.717) is 0 Å². The van der Waals surface area contributed by atoms with E-state index in [0.717, 1.165) is 23.9 Å². The molecule has 0 aromatic heterocycles. The van der Waals surface area contributed by atoms with Crippen LogP contribution in [0.2, 0.25) is 0 Å². The molecule has 2 unspecified atom stereocenters. The summed E-state index contributed by atoms with van der Waals surface area (Å²) in [5, 5.41) is 3.78. The molecule has 3 heterocycles. The van der Waals surface area contributed by atoms with Crippen LogP contribution in [-0.2, 0) is 0 Å². The van der Waals surface area contributed by atoms with E-state index in [4.69, 9.17) is 0 Å². The van der Waals surface area contributed by atoms with Gasteiger partial charge in [-0.3, -0.25) is 4.90 Å². The first kappa shape index (κ1) is 10.6. The van der Waals surface area contributed by atoms with Crippen LogP contribution in [0.3, 0.4) is 0 Å². The van der Waals surface area contributed by atoms with Gasteiger partial charge < -0.3 is 5.32 Å². The smallest absolute Gasteiger partial charge is 0.0320 e. The van der Waals surface area contributed by atoms with Crippen molar-refractivity contribution in [3.8, 4) is 0 Å². The molecule has 3 saturated heterocycles. The normalized spacial score (nSPS) is 45.8. The van der Waals surface area contributed by atoms with Crippen LogP contribution in [0.1, 0.15) is 38.5 Å². The number of hydrogen-bond donors (Lipinski definition) is 1. The first-order chi connectivity index (χ1) is 8.42. The topological polar surface area (TPSA) is 15.3 Å². The van der Waals surface area contributed by atoms with Crippen molar-refractivity contribution in [3.63, 3.8) is 0 Å². The highest BCUT2D eigenvalue weighted by atomic mass is 15.2.